The van der Waals surface area contributed by atoms with Crippen molar-refractivity contribution in [2.24, 2.45) is 4.90 Å². The van der Waals surface area contributed by atoms with Crippen LogP contribution in [0.4, 0.5) is 0 Å². The third-order valence-corrected chi connectivity index (χ3v) is 4.24. The number of rotatable bonds is 12. The SMILES string of the molecule is CCCCC/C(=N\B(CCCC)CCCC)c1ccccc1. The Labute approximate surface area is 138 Å². The van der Waals surface area contributed by atoms with E-state index >= 15 is 0 Å². The Hall–Kier alpha value is -1.05. The van der Waals surface area contributed by atoms with Gasteiger partial charge < -0.3 is 4.90 Å². The molecule has 0 bridgehead atoms. The number of hydrogen-bond acceptors (Lipinski definition) is 1. The topological polar surface area (TPSA) is 12.4 Å². The van der Waals surface area contributed by atoms with Gasteiger partial charge in [0, 0.05) is 5.71 Å². The molecule has 0 fully saturated rings. The average molecular weight is 299 g/mol. The number of hydrogen-bond donors (Lipinski definition) is 0. The molecule has 0 saturated heterocycles. The highest BCUT2D eigenvalue weighted by Gasteiger charge is 2.14. The van der Waals surface area contributed by atoms with E-state index in [-0.39, 0.29) is 0 Å². The molecule has 0 aliphatic heterocycles. The molecule has 1 rings (SSSR count). The van der Waals surface area contributed by atoms with Gasteiger partial charge in [-0.15, -0.1) is 0 Å². The lowest BCUT2D eigenvalue weighted by Gasteiger charge is -2.13. The van der Waals surface area contributed by atoms with E-state index in [2.05, 4.69) is 51.1 Å². The fourth-order valence-corrected chi connectivity index (χ4v) is 2.83. The molecule has 1 aromatic carbocycles. The van der Waals surface area contributed by atoms with Crippen LogP contribution in [-0.4, -0.2) is 12.6 Å². The second-order valence-corrected chi connectivity index (χ2v) is 6.34. The van der Waals surface area contributed by atoms with Crippen molar-refractivity contribution < 1.29 is 0 Å². The van der Waals surface area contributed by atoms with Crippen LogP contribution in [0.5, 0.6) is 0 Å². The summed E-state index contributed by atoms with van der Waals surface area (Å²) in [5.74, 6) is 0. The lowest BCUT2D eigenvalue weighted by Crippen LogP contribution is -2.14. The molecular weight excluding hydrogens is 265 g/mol. The van der Waals surface area contributed by atoms with Crippen LogP contribution in [0.15, 0.2) is 35.2 Å². The van der Waals surface area contributed by atoms with Gasteiger partial charge in [-0.3, -0.25) is 0 Å². The Kier molecular flexibility index (Phi) is 10.8. The van der Waals surface area contributed by atoms with E-state index in [1.54, 1.807) is 0 Å². The van der Waals surface area contributed by atoms with Crippen LogP contribution in [0.1, 0.15) is 77.7 Å². The minimum atomic E-state index is 0.525. The van der Waals surface area contributed by atoms with Crippen molar-refractivity contribution in [2.75, 3.05) is 0 Å². The van der Waals surface area contributed by atoms with E-state index in [9.17, 15) is 0 Å². The van der Waals surface area contributed by atoms with Gasteiger partial charge in [0.25, 0.3) is 6.85 Å². The van der Waals surface area contributed by atoms with Crippen LogP contribution in [-0.2, 0) is 0 Å². The van der Waals surface area contributed by atoms with E-state index in [4.69, 9.17) is 4.90 Å². The van der Waals surface area contributed by atoms with E-state index in [0.717, 1.165) is 6.42 Å². The zero-order chi connectivity index (χ0) is 16.0. The third-order valence-electron chi connectivity index (χ3n) is 4.24. The Morgan fingerprint density at radius 2 is 1.41 bits per heavy atom. The van der Waals surface area contributed by atoms with Gasteiger partial charge in [0.15, 0.2) is 0 Å². The van der Waals surface area contributed by atoms with Crippen molar-refractivity contribution >= 4 is 12.6 Å². The molecule has 0 radical (unpaired) electrons. The van der Waals surface area contributed by atoms with Crippen molar-refractivity contribution in [3.8, 4) is 0 Å². The van der Waals surface area contributed by atoms with Crippen LogP contribution in [0.2, 0.25) is 12.6 Å². The van der Waals surface area contributed by atoms with Gasteiger partial charge in [0.1, 0.15) is 0 Å². The lowest BCUT2D eigenvalue weighted by atomic mass is 9.55. The van der Waals surface area contributed by atoms with E-state index in [1.807, 2.05) is 0 Å². The first-order valence-electron chi connectivity index (χ1n) is 9.43. The summed E-state index contributed by atoms with van der Waals surface area (Å²) in [6.07, 6.45) is 12.6. The Morgan fingerprint density at radius 3 is 1.95 bits per heavy atom. The van der Waals surface area contributed by atoms with E-state index < -0.39 is 0 Å². The largest absolute Gasteiger partial charge is 0.345 e. The van der Waals surface area contributed by atoms with Crippen molar-refractivity contribution in [3.63, 3.8) is 0 Å². The van der Waals surface area contributed by atoms with Crippen LogP contribution in [0, 0.1) is 0 Å². The maximum absolute atomic E-state index is 5.21. The normalized spacial score (nSPS) is 11.7. The number of nitrogens with zero attached hydrogens (tertiary/aromatic N) is 1. The quantitative estimate of drug-likeness (QED) is 0.233. The molecule has 0 aliphatic rings. The second-order valence-electron chi connectivity index (χ2n) is 6.34. The Morgan fingerprint density at radius 1 is 0.818 bits per heavy atom. The second kappa shape index (κ2) is 12.5. The van der Waals surface area contributed by atoms with Gasteiger partial charge in [-0.2, -0.15) is 0 Å². The van der Waals surface area contributed by atoms with Crippen molar-refractivity contribution in [1.29, 1.82) is 0 Å². The zero-order valence-electron chi connectivity index (χ0n) is 15.0. The molecule has 0 spiro atoms. The molecule has 22 heavy (non-hydrogen) atoms. The maximum atomic E-state index is 5.21. The average Bonchev–Trinajstić information content (AvgIpc) is 2.57. The van der Waals surface area contributed by atoms with Crippen molar-refractivity contribution in [3.05, 3.63) is 35.9 Å². The van der Waals surface area contributed by atoms with E-state index in [1.165, 1.54) is 68.9 Å². The minimum Gasteiger partial charge on any atom is -0.345 e. The summed E-state index contributed by atoms with van der Waals surface area (Å²) < 4.78 is 0. The monoisotopic (exact) mass is 299 g/mol. The molecular formula is C20H34BN. The summed E-state index contributed by atoms with van der Waals surface area (Å²) >= 11 is 0. The van der Waals surface area contributed by atoms with Gasteiger partial charge in [-0.1, -0.05) is 102 Å². The fourth-order valence-electron chi connectivity index (χ4n) is 2.83. The molecule has 0 atom stereocenters. The van der Waals surface area contributed by atoms with Crippen molar-refractivity contribution in [1.82, 2.24) is 0 Å². The Balaban J connectivity index is 2.83. The summed E-state index contributed by atoms with van der Waals surface area (Å²) in [5, 5.41) is 0. The van der Waals surface area contributed by atoms with Gasteiger partial charge in [0.05, 0.1) is 0 Å². The summed E-state index contributed by atoms with van der Waals surface area (Å²) in [6, 6.07) is 10.8. The van der Waals surface area contributed by atoms with Crippen LogP contribution < -0.4 is 0 Å². The first kappa shape index (κ1) is 19.0. The molecule has 0 saturated carbocycles. The molecule has 2 heteroatoms. The molecule has 0 amide bonds. The minimum absolute atomic E-state index is 0.525. The first-order chi connectivity index (χ1) is 10.8. The highest BCUT2D eigenvalue weighted by Crippen LogP contribution is 2.16. The standard InChI is InChI=1S/C20H34BN/c1-4-7-11-16-20(19-14-12-10-13-15-19)22-21(17-8-5-2)18-9-6-3/h10,12-15H,4-9,11,16-18H2,1-3H3/b22-20+. The molecule has 0 aromatic heterocycles. The van der Waals surface area contributed by atoms with Gasteiger partial charge in [0.2, 0.25) is 0 Å². The van der Waals surface area contributed by atoms with Gasteiger partial charge in [-0.05, 0) is 18.4 Å². The molecule has 0 aliphatic carbocycles. The molecule has 122 valence electrons. The number of benzene rings is 1. The maximum Gasteiger partial charge on any atom is 0.279 e. The Bertz CT molecular complexity index is 391. The summed E-state index contributed by atoms with van der Waals surface area (Å²) in [4.78, 5) is 5.21. The first-order valence-corrected chi connectivity index (χ1v) is 9.43. The van der Waals surface area contributed by atoms with Crippen LogP contribution in [0.25, 0.3) is 0 Å². The third kappa shape index (κ3) is 7.82. The molecule has 0 N–H and O–H groups in total. The molecule has 1 nitrogen and oxygen atoms in total. The van der Waals surface area contributed by atoms with Crippen LogP contribution in [0.3, 0.4) is 0 Å². The summed E-state index contributed by atoms with van der Waals surface area (Å²) in [6.45, 7) is 7.35. The predicted octanol–water partition coefficient (Wildman–Crippen LogP) is 6.65. The molecule has 0 unspecified atom stereocenters. The zero-order valence-corrected chi connectivity index (χ0v) is 15.0. The van der Waals surface area contributed by atoms with Crippen LogP contribution >= 0.6 is 0 Å². The lowest BCUT2D eigenvalue weighted by molar-refractivity contribution is 0.742. The highest BCUT2D eigenvalue weighted by atomic mass is 14.6. The van der Waals surface area contributed by atoms with E-state index in [0.29, 0.717) is 6.85 Å². The smallest absolute Gasteiger partial charge is 0.279 e. The fraction of sp³-hybridized carbons (Fsp3) is 0.650. The summed E-state index contributed by atoms with van der Waals surface area (Å²) in [7, 11) is 0. The predicted molar refractivity (Wildman–Crippen MR) is 102 cm³/mol. The highest BCUT2D eigenvalue weighted by molar-refractivity contribution is 6.58. The van der Waals surface area contributed by atoms with Gasteiger partial charge in [-0.25, -0.2) is 0 Å². The van der Waals surface area contributed by atoms with Gasteiger partial charge >= 0.3 is 0 Å². The number of unbranched alkanes of at least 4 members (excludes halogenated alkanes) is 4. The summed E-state index contributed by atoms with van der Waals surface area (Å²) in [5.41, 5.74) is 2.67. The molecule has 0 heterocycles. The van der Waals surface area contributed by atoms with Crippen molar-refractivity contribution in [2.45, 2.75) is 84.8 Å². The molecule has 1 aromatic rings.